The van der Waals surface area contributed by atoms with Crippen LogP contribution < -0.4 is 11.1 Å². The van der Waals surface area contributed by atoms with Crippen molar-refractivity contribution in [1.82, 2.24) is 15.1 Å². The van der Waals surface area contributed by atoms with E-state index in [1.807, 2.05) is 48.2 Å². The minimum Gasteiger partial charge on any atom is -0.461 e. The number of amides is 2. The summed E-state index contributed by atoms with van der Waals surface area (Å²) in [6.07, 6.45) is 5.29. The quantitative estimate of drug-likeness (QED) is 0.372. The van der Waals surface area contributed by atoms with Crippen LogP contribution in [0.4, 0.5) is 0 Å². The van der Waals surface area contributed by atoms with Gasteiger partial charge < -0.3 is 25.6 Å². The number of hydrogen-bond acceptors (Lipinski definition) is 6. The monoisotopic (exact) mass is 548 g/mol. The number of piperazine rings is 1. The molecule has 1 unspecified atom stereocenters. The predicted octanol–water partition coefficient (Wildman–Crippen LogP) is 3.43. The minimum atomic E-state index is -0.805. The number of carbonyl (C=O) groups is 3. The van der Waals surface area contributed by atoms with E-state index >= 15 is 0 Å². The van der Waals surface area contributed by atoms with Crippen LogP contribution in [0, 0.1) is 0 Å². The molecule has 2 aromatic carbocycles. The summed E-state index contributed by atoms with van der Waals surface area (Å²) in [6.45, 7) is 5.36. The van der Waals surface area contributed by atoms with E-state index in [9.17, 15) is 14.4 Å². The lowest BCUT2D eigenvalue weighted by Crippen LogP contribution is -2.75. The first-order valence-corrected chi connectivity index (χ1v) is 14.8. The SMILES string of the molecule is CCCN1C(=O)[C@H](C(N)CCCC(=O)OCc2ccccc2)NC(=O)C12CCN(CCCc1ccccc1)CC2. The van der Waals surface area contributed by atoms with Gasteiger partial charge >= 0.3 is 5.97 Å². The van der Waals surface area contributed by atoms with Gasteiger partial charge in [-0.2, -0.15) is 0 Å². The van der Waals surface area contributed by atoms with Crippen LogP contribution in [0.3, 0.4) is 0 Å². The second-order valence-corrected chi connectivity index (χ2v) is 11.1. The molecular formula is C32H44N4O4. The van der Waals surface area contributed by atoms with Crippen molar-refractivity contribution in [3.05, 3.63) is 71.8 Å². The number of likely N-dealkylation sites (tertiary alicyclic amines) is 1. The van der Waals surface area contributed by atoms with Crippen molar-refractivity contribution < 1.29 is 19.1 Å². The summed E-state index contributed by atoms with van der Waals surface area (Å²) in [4.78, 5) is 43.6. The second-order valence-electron chi connectivity index (χ2n) is 11.1. The summed E-state index contributed by atoms with van der Waals surface area (Å²) in [6, 6.07) is 18.7. The van der Waals surface area contributed by atoms with Crippen molar-refractivity contribution in [1.29, 1.82) is 0 Å². The zero-order valence-corrected chi connectivity index (χ0v) is 23.7. The molecule has 2 aliphatic heterocycles. The fourth-order valence-corrected chi connectivity index (χ4v) is 5.93. The van der Waals surface area contributed by atoms with Gasteiger partial charge in [0.25, 0.3) is 0 Å². The van der Waals surface area contributed by atoms with Crippen LogP contribution in [-0.4, -0.2) is 71.4 Å². The molecule has 2 heterocycles. The molecular weight excluding hydrogens is 504 g/mol. The average Bonchev–Trinajstić information content (AvgIpc) is 2.98. The largest absolute Gasteiger partial charge is 0.461 e. The van der Waals surface area contributed by atoms with Crippen molar-refractivity contribution in [2.75, 3.05) is 26.2 Å². The van der Waals surface area contributed by atoms with Crippen LogP contribution in [0.15, 0.2) is 60.7 Å². The number of esters is 1. The Balaban J connectivity index is 1.26. The van der Waals surface area contributed by atoms with E-state index in [1.54, 1.807) is 0 Å². The number of nitrogens with two attached hydrogens (primary N) is 1. The standard InChI is InChI=1S/C32H44N4O4/c1-2-20-36-30(38)29(27(33)16-9-17-28(37)40-24-26-13-7-4-8-14-26)34-31(39)32(36)18-22-35(23-19-32)21-10-15-25-11-5-3-6-12-25/h3-8,11-14,27,29H,2,9-10,15-24,33H2,1H3,(H,34,39)/t27?,29-/m0/s1. The van der Waals surface area contributed by atoms with Gasteiger partial charge in [0.1, 0.15) is 18.2 Å². The third kappa shape index (κ3) is 7.49. The number of benzene rings is 2. The van der Waals surface area contributed by atoms with E-state index in [2.05, 4.69) is 34.5 Å². The van der Waals surface area contributed by atoms with Gasteiger partial charge in [0.15, 0.2) is 0 Å². The number of hydrogen-bond donors (Lipinski definition) is 2. The number of nitrogens with one attached hydrogen (secondary N) is 1. The first-order chi connectivity index (χ1) is 19.4. The Morgan fingerprint density at radius 2 is 1.65 bits per heavy atom. The highest BCUT2D eigenvalue weighted by Gasteiger charge is 2.54. The smallest absolute Gasteiger partial charge is 0.306 e. The fraction of sp³-hybridized carbons (Fsp3) is 0.531. The van der Waals surface area contributed by atoms with Gasteiger partial charge in [-0.1, -0.05) is 67.6 Å². The Bertz CT molecular complexity index is 1100. The predicted molar refractivity (Wildman–Crippen MR) is 155 cm³/mol. The maximum atomic E-state index is 13.7. The van der Waals surface area contributed by atoms with E-state index in [-0.39, 0.29) is 30.8 Å². The fourth-order valence-electron chi connectivity index (χ4n) is 5.93. The summed E-state index contributed by atoms with van der Waals surface area (Å²) in [5.74, 6) is -0.484. The molecule has 0 radical (unpaired) electrons. The second kappa shape index (κ2) is 14.4. The Morgan fingerprint density at radius 3 is 2.30 bits per heavy atom. The molecule has 216 valence electrons. The summed E-state index contributed by atoms with van der Waals surface area (Å²) in [5.41, 5.74) is 7.90. The lowest BCUT2D eigenvalue weighted by atomic mass is 9.80. The van der Waals surface area contributed by atoms with Crippen LogP contribution in [0.1, 0.15) is 63.0 Å². The molecule has 0 bridgehead atoms. The molecule has 8 heteroatoms. The van der Waals surface area contributed by atoms with E-state index in [0.717, 1.165) is 44.5 Å². The molecule has 2 amide bonds. The maximum absolute atomic E-state index is 13.7. The van der Waals surface area contributed by atoms with Crippen LogP contribution >= 0.6 is 0 Å². The summed E-state index contributed by atoms with van der Waals surface area (Å²) >= 11 is 0. The van der Waals surface area contributed by atoms with Crippen molar-refractivity contribution in [2.24, 2.45) is 5.73 Å². The summed E-state index contributed by atoms with van der Waals surface area (Å²) in [7, 11) is 0. The molecule has 1 spiro atoms. The third-order valence-corrected chi connectivity index (χ3v) is 8.26. The van der Waals surface area contributed by atoms with Crippen LogP contribution in [-0.2, 0) is 32.1 Å². The molecule has 3 N–H and O–H groups in total. The number of aryl methyl sites for hydroxylation is 1. The van der Waals surface area contributed by atoms with Gasteiger partial charge in [-0.15, -0.1) is 0 Å². The Hall–Kier alpha value is -3.23. The number of ether oxygens (including phenoxy) is 1. The minimum absolute atomic E-state index is 0.0905. The molecule has 2 aliphatic rings. The average molecular weight is 549 g/mol. The van der Waals surface area contributed by atoms with Gasteiger partial charge in [0, 0.05) is 32.1 Å². The van der Waals surface area contributed by atoms with Crippen LogP contribution in [0.2, 0.25) is 0 Å². The molecule has 8 nitrogen and oxygen atoms in total. The Morgan fingerprint density at radius 1 is 1.00 bits per heavy atom. The molecule has 4 rings (SSSR count). The zero-order chi connectivity index (χ0) is 28.4. The van der Waals surface area contributed by atoms with E-state index in [0.29, 0.717) is 32.2 Å². The highest BCUT2D eigenvalue weighted by atomic mass is 16.5. The zero-order valence-electron chi connectivity index (χ0n) is 23.7. The third-order valence-electron chi connectivity index (χ3n) is 8.26. The topological polar surface area (TPSA) is 105 Å². The Kier molecular flexibility index (Phi) is 10.7. The number of piperidine rings is 1. The first kappa shape index (κ1) is 29.7. The van der Waals surface area contributed by atoms with Crippen molar-refractivity contribution in [2.45, 2.75) is 82.5 Å². The van der Waals surface area contributed by atoms with Gasteiger partial charge in [-0.05, 0) is 62.6 Å². The molecule has 2 fully saturated rings. The summed E-state index contributed by atoms with van der Waals surface area (Å²) < 4.78 is 5.34. The van der Waals surface area contributed by atoms with Crippen molar-refractivity contribution in [3.8, 4) is 0 Å². The molecule has 2 saturated heterocycles. The van der Waals surface area contributed by atoms with E-state index in [1.165, 1.54) is 5.56 Å². The van der Waals surface area contributed by atoms with Crippen LogP contribution in [0.5, 0.6) is 0 Å². The number of rotatable bonds is 13. The van der Waals surface area contributed by atoms with E-state index in [4.69, 9.17) is 10.5 Å². The van der Waals surface area contributed by atoms with E-state index < -0.39 is 17.6 Å². The van der Waals surface area contributed by atoms with Gasteiger partial charge in [0.2, 0.25) is 11.8 Å². The highest BCUT2D eigenvalue weighted by molar-refractivity contribution is 6.00. The molecule has 40 heavy (non-hydrogen) atoms. The molecule has 0 aromatic heterocycles. The number of carbonyl (C=O) groups excluding carboxylic acids is 3. The van der Waals surface area contributed by atoms with Crippen LogP contribution in [0.25, 0.3) is 0 Å². The maximum Gasteiger partial charge on any atom is 0.306 e. The van der Waals surface area contributed by atoms with Gasteiger partial charge in [0.05, 0.1) is 0 Å². The van der Waals surface area contributed by atoms with Gasteiger partial charge in [-0.3, -0.25) is 14.4 Å². The number of nitrogens with zero attached hydrogens (tertiary/aromatic N) is 2. The van der Waals surface area contributed by atoms with Crippen molar-refractivity contribution in [3.63, 3.8) is 0 Å². The van der Waals surface area contributed by atoms with Crippen molar-refractivity contribution >= 4 is 17.8 Å². The van der Waals surface area contributed by atoms with Gasteiger partial charge in [-0.25, -0.2) is 0 Å². The molecule has 2 atom stereocenters. The lowest BCUT2D eigenvalue weighted by molar-refractivity contribution is -0.162. The highest BCUT2D eigenvalue weighted by Crippen LogP contribution is 2.34. The molecule has 0 aliphatic carbocycles. The summed E-state index contributed by atoms with van der Waals surface area (Å²) in [5, 5.41) is 2.99. The first-order valence-electron chi connectivity index (χ1n) is 14.8. The molecule has 0 saturated carbocycles. The normalized spacial score (nSPS) is 19.9. The molecule has 2 aromatic rings. The Labute approximate surface area is 238 Å². The lowest BCUT2D eigenvalue weighted by Gasteiger charge is -2.52.